The standard InChI is InChI=1S/C15H25N/c1-11(16-2)3-4-15-8-12-5-13(9-15)7-14(6-12)10-15/h3-4,11-14,16H,5-10H2,1-2H3/b4-3+. The second-order valence-corrected chi connectivity index (χ2v) is 6.72. The maximum atomic E-state index is 3.31. The van der Waals surface area contributed by atoms with Gasteiger partial charge >= 0.3 is 0 Å². The van der Waals surface area contributed by atoms with Gasteiger partial charge in [-0.25, -0.2) is 0 Å². The van der Waals surface area contributed by atoms with E-state index < -0.39 is 0 Å². The van der Waals surface area contributed by atoms with E-state index in [4.69, 9.17) is 0 Å². The molecule has 4 aliphatic carbocycles. The van der Waals surface area contributed by atoms with Crippen LogP contribution in [-0.4, -0.2) is 13.1 Å². The number of allylic oxidation sites excluding steroid dienone is 1. The van der Waals surface area contributed by atoms with Gasteiger partial charge in [0.15, 0.2) is 0 Å². The molecule has 4 aliphatic rings. The first-order chi connectivity index (χ1) is 7.69. The molecule has 1 atom stereocenters. The van der Waals surface area contributed by atoms with Crippen molar-refractivity contribution in [3.8, 4) is 0 Å². The summed E-state index contributed by atoms with van der Waals surface area (Å²) in [5, 5.41) is 3.31. The van der Waals surface area contributed by atoms with Crippen molar-refractivity contribution in [1.82, 2.24) is 5.32 Å². The predicted molar refractivity (Wildman–Crippen MR) is 68.3 cm³/mol. The second kappa shape index (κ2) is 3.87. The van der Waals surface area contributed by atoms with Gasteiger partial charge in [-0.3, -0.25) is 0 Å². The highest BCUT2D eigenvalue weighted by atomic mass is 14.8. The Morgan fingerprint density at radius 3 is 2.00 bits per heavy atom. The van der Waals surface area contributed by atoms with Gasteiger partial charge in [-0.1, -0.05) is 12.2 Å². The summed E-state index contributed by atoms with van der Waals surface area (Å²) >= 11 is 0. The molecule has 4 bridgehead atoms. The molecule has 1 heteroatoms. The van der Waals surface area contributed by atoms with Crippen LogP contribution in [0.1, 0.15) is 45.4 Å². The number of likely N-dealkylation sites (N-methyl/N-ethyl adjacent to an activating group) is 1. The van der Waals surface area contributed by atoms with E-state index in [0.29, 0.717) is 11.5 Å². The minimum absolute atomic E-state index is 0.535. The van der Waals surface area contributed by atoms with E-state index in [-0.39, 0.29) is 0 Å². The lowest BCUT2D eigenvalue weighted by atomic mass is 9.49. The second-order valence-electron chi connectivity index (χ2n) is 6.72. The minimum Gasteiger partial charge on any atom is -0.314 e. The quantitative estimate of drug-likeness (QED) is 0.718. The third-order valence-corrected chi connectivity index (χ3v) is 5.28. The van der Waals surface area contributed by atoms with Crippen LogP contribution in [0.25, 0.3) is 0 Å². The van der Waals surface area contributed by atoms with Crippen LogP contribution in [-0.2, 0) is 0 Å². The summed E-state index contributed by atoms with van der Waals surface area (Å²) < 4.78 is 0. The van der Waals surface area contributed by atoms with Gasteiger partial charge in [0.1, 0.15) is 0 Å². The van der Waals surface area contributed by atoms with E-state index in [2.05, 4.69) is 31.4 Å². The molecular formula is C15H25N. The fraction of sp³-hybridized carbons (Fsp3) is 0.867. The molecule has 90 valence electrons. The van der Waals surface area contributed by atoms with E-state index in [9.17, 15) is 0 Å². The van der Waals surface area contributed by atoms with Crippen molar-refractivity contribution < 1.29 is 0 Å². The van der Waals surface area contributed by atoms with Crippen LogP contribution in [0.5, 0.6) is 0 Å². The van der Waals surface area contributed by atoms with Crippen molar-refractivity contribution >= 4 is 0 Å². The van der Waals surface area contributed by atoms with Crippen molar-refractivity contribution in [2.45, 2.75) is 51.5 Å². The molecule has 1 N–H and O–H groups in total. The number of hydrogen-bond donors (Lipinski definition) is 1. The number of rotatable bonds is 3. The van der Waals surface area contributed by atoms with Crippen molar-refractivity contribution in [2.75, 3.05) is 7.05 Å². The Morgan fingerprint density at radius 2 is 1.56 bits per heavy atom. The Labute approximate surface area is 99.7 Å². The molecule has 4 rings (SSSR count). The molecule has 0 saturated heterocycles. The monoisotopic (exact) mass is 219 g/mol. The van der Waals surface area contributed by atoms with Gasteiger partial charge in [0.05, 0.1) is 0 Å². The zero-order valence-electron chi connectivity index (χ0n) is 10.7. The van der Waals surface area contributed by atoms with Gasteiger partial charge in [0.25, 0.3) is 0 Å². The van der Waals surface area contributed by atoms with Crippen LogP contribution in [0.4, 0.5) is 0 Å². The van der Waals surface area contributed by atoms with E-state index >= 15 is 0 Å². The van der Waals surface area contributed by atoms with E-state index in [1.807, 2.05) is 0 Å². The van der Waals surface area contributed by atoms with Crippen LogP contribution < -0.4 is 5.32 Å². The molecule has 1 nitrogen and oxygen atoms in total. The third-order valence-electron chi connectivity index (χ3n) is 5.28. The van der Waals surface area contributed by atoms with E-state index in [1.54, 1.807) is 19.3 Å². The zero-order valence-corrected chi connectivity index (χ0v) is 10.7. The maximum Gasteiger partial charge on any atom is 0.0218 e. The highest BCUT2D eigenvalue weighted by Crippen LogP contribution is 2.60. The number of nitrogens with one attached hydrogen (secondary N) is 1. The molecule has 0 aromatic carbocycles. The zero-order chi connectivity index (χ0) is 11.2. The summed E-state index contributed by atoms with van der Waals surface area (Å²) in [5.41, 5.74) is 0.611. The lowest BCUT2D eigenvalue weighted by Crippen LogP contribution is -2.45. The largest absolute Gasteiger partial charge is 0.314 e. The molecule has 1 unspecified atom stereocenters. The normalized spacial score (nSPS) is 47.8. The molecule has 0 amide bonds. The van der Waals surface area contributed by atoms with Crippen molar-refractivity contribution in [1.29, 1.82) is 0 Å². The lowest BCUT2D eigenvalue weighted by molar-refractivity contribution is -0.0239. The van der Waals surface area contributed by atoms with Crippen LogP contribution in [0.3, 0.4) is 0 Å². The van der Waals surface area contributed by atoms with Crippen LogP contribution in [0, 0.1) is 23.2 Å². The van der Waals surface area contributed by atoms with Gasteiger partial charge < -0.3 is 5.32 Å². The fourth-order valence-corrected chi connectivity index (χ4v) is 4.83. The summed E-state index contributed by atoms with van der Waals surface area (Å²) in [6.07, 6.45) is 14.1. The third kappa shape index (κ3) is 1.84. The SMILES string of the molecule is CNC(C)/C=C/C12CC3CC(CC(C3)C1)C2. The number of hydrogen-bond acceptors (Lipinski definition) is 1. The van der Waals surface area contributed by atoms with Crippen molar-refractivity contribution in [3.05, 3.63) is 12.2 Å². The topological polar surface area (TPSA) is 12.0 Å². The summed E-state index contributed by atoms with van der Waals surface area (Å²) in [6, 6.07) is 0.535. The highest BCUT2D eigenvalue weighted by molar-refractivity contribution is 5.12. The van der Waals surface area contributed by atoms with E-state index in [0.717, 1.165) is 17.8 Å². The molecule has 0 radical (unpaired) electrons. The summed E-state index contributed by atoms with van der Waals surface area (Å²) in [6.45, 7) is 2.25. The first-order valence-corrected chi connectivity index (χ1v) is 7.06. The van der Waals surface area contributed by atoms with Crippen molar-refractivity contribution in [2.24, 2.45) is 23.2 Å². The average molecular weight is 219 g/mol. The summed E-state index contributed by atoms with van der Waals surface area (Å²) in [4.78, 5) is 0. The Hall–Kier alpha value is -0.300. The molecule has 0 aromatic rings. The first kappa shape index (κ1) is 10.8. The van der Waals surface area contributed by atoms with Crippen LogP contribution in [0.15, 0.2) is 12.2 Å². The van der Waals surface area contributed by atoms with Gasteiger partial charge in [-0.15, -0.1) is 0 Å². The van der Waals surface area contributed by atoms with Gasteiger partial charge in [0.2, 0.25) is 0 Å². The Bertz CT molecular complexity index is 257. The van der Waals surface area contributed by atoms with Gasteiger partial charge in [0, 0.05) is 6.04 Å². The van der Waals surface area contributed by atoms with Gasteiger partial charge in [-0.2, -0.15) is 0 Å². The van der Waals surface area contributed by atoms with Gasteiger partial charge in [-0.05, 0) is 75.7 Å². The molecule has 4 fully saturated rings. The first-order valence-electron chi connectivity index (χ1n) is 7.06. The van der Waals surface area contributed by atoms with E-state index in [1.165, 1.54) is 19.3 Å². The predicted octanol–water partition coefficient (Wildman–Crippen LogP) is 3.37. The molecule has 0 heterocycles. The molecule has 16 heavy (non-hydrogen) atoms. The Kier molecular flexibility index (Phi) is 2.62. The molecule has 0 aromatic heterocycles. The average Bonchev–Trinajstić information content (AvgIpc) is 2.24. The molecule has 0 spiro atoms. The fourth-order valence-electron chi connectivity index (χ4n) is 4.83. The smallest absolute Gasteiger partial charge is 0.0218 e. The van der Waals surface area contributed by atoms with Crippen LogP contribution in [0.2, 0.25) is 0 Å². The Morgan fingerprint density at radius 1 is 1.06 bits per heavy atom. The minimum atomic E-state index is 0.535. The summed E-state index contributed by atoms with van der Waals surface area (Å²) in [7, 11) is 2.05. The molecular weight excluding hydrogens is 194 g/mol. The highest BCUT2D eigenvalue weighted by Gasteiger charge is 2.49. The summed E-state index contributed by atoms with van der Waals surface area (Å²) in [5.74, 6) is 3.21. The Balaban J connectivity index is 1.76. The maximum absolute atomic E-state index is 3.31. The lowest BCUT2D eigenvalue weighted by Gasteiger charge is -2.56. The van der Waals surface area contributed by atoms with Crippen LogP contribution >= 0.6 is 0 Å². The molecule has 4 saturated carbocycles. The van der Waals surface area contributed by atoms with Crippen molar-refractivity contribution in [3.63, 3.8) is 0 Å². The molecule has 0 aliphatic heterocycles.